The second-order valence-electron chi connectivity index (χ2n) is 9.81. The number of hydrogen-bond acceptors (Lipinski definition) is 6. The number of ether oxygens (including phenoxy) is 1. The number of amides is 1. The number of nitrogens with zero attached hydrogens (tertiary/aromatic N) is 5. The first kappa shape index (κ1) is 24.6. The minimum absolute atomic E-state index is 0.00524. The molecule has 39 heavy (non-hydrogen) atoms. The minimum atomic E-state index is 0.00524. The summed E-state index contributed by atoms with van der Waals surface area (Å²) >= 11 is 0. The molecule has 3 heterocycles. The summed E-state index contributed by atoms with van der Waals surface area (Å²) in [6.45, 7) is 1.35. The van der Waals surface area contributed by atoms with Gasteiger partial charge in [0.15, 0.2) is 5.65 Å². The largest absolute Gasteiger partial charge is 0.457 e. The van der Waals surface area contributed by atoms with Gasteiger partial charge in [-0.1, -0.05) is 48.5 Å². The summed E-state index contributed by atoms with van der Waals surface area (Å²) in [5, 5.41) is 5.72. The molecule has 8 heteroatoms. The Balaban J connectivity index is 1.24. The lowest BCUT2D eigenvalue weighted by Gasteiger charge is -2.33. The zero-order valence-electron chi connectivity index (χ0n) is 21.6. The highest BCUT2D eigenvalue weighted by Crippen LogP contribution is 2.35. The minimum Gasteiger partial charge on any atom is -0.457 e. The first-order valence-electron chi connectivity index (χ1n) is 13.3. The van der Waals surface area contributed by atoms with Gasteiger partial charge < -0.3 is 15.4 Å². The van der Waals surface area contributed by atoms with Gasteiger partial charge in [0.05, 0.1) is 11.4 Å². The van der Waals surface area contributed by atoms with Gasteiger partial charge in [0.25, 0.3) is 0 Å². The van der Waals surface area contributed by atoms with Crippen molar-refractivity contribution < 1.29 is 9.53 Å². The zero-order chi connectivity index (χ0) is 26.6. The molecular formula is C31H30N6O2. The number of carbonyl (C=O) groups excluding carboxylic acids is 1. The highest BCUT2D eigenvalue weighted by atomic mass is 16.5. The molecule has 0 unspecified atom stereocenters. The molecule has 1 aliphatic heterocycles. The maximum atomic E-state index is 13.1. The van der Waals surface area contributed by atoms with E-state index in [-0.39, 0.29) is 11.9 Å². The van der Waals surface area contributed by atoms with Crippen LogP contribution in [0.5, 0.6) is 11.5 Å². The molecule has 0 bridgehead atoms. The molecule has 0 radical (unpaired) electrons. The molecule has 8 nitrogen and oxygen atoms in total. The van der Waals surface area contributed by atoms with Crippen molar-refractivity contribution in [3.63, 3.8) is 0 Å². The fourth-order valence-corrected chi connectivity index (χ4v) is 5.19. The van der Waals surface area contributed by atoms with Crippen molar-refractivity contribution in [2.75, 3.05) is 18.8 Å². The summed E-state index contributed by atoms with van der Waals surface area (Å²) < 4.78 is 7.89. The van der Waals surface area contributed by atoms with Gasteiger partial charge in [-0.15, -0.1) is 0 Å². The van der Waals surface area contributed by atoms with Crippen molar-refractivity contribution in [2.45, 2.75) is 31.7 Å². The molecule has 196 valence electrons. The van der Waals surface area contributed by atoms with Crippen LogP contribution in [0.2, 0.25) is 0 Å². The van der Waals surface area contributed by atoms with Crippen LogP contribution < -0.4 is 10.5 Å². The molecule has 0 spiro atoms. The number of piperidine rings is 1. The third-order valence-corrected chi connectivity index (χ3v) is 7.19. The quantitative estimate of drug-likeness (QED) is 0.298. The number of aryl methyl sites for hydroxylation is 1. The van der Waals surface area contributed by atoms with Gasteiger partial charge in [-0.3, -0.25) is 4.79 Å². The van der Waals surface area contributed by atoms with E-state index in [1.54, 1.807) is 0 Å². The monoisotopic (exact) mass is 518 g/mol. The van der Waals surface area contributed by atoms with Crippen molar-refractivity contribution in [3.05, 3.63) is 96.8 Å². The fourth-order valence-electron chi connectivity index (χ4n) is 5.19. The van der Waals surface area contributed by atoms with Crippen LogP contribution in [-0.4, -0.2) is 43.6 Å². The van der Waals surface area contributed by atoms with Crippen LogP contribution in [0.1, 0.15) is 30.9 Å². The molecule has 0 aliphatic carbocycles. The van der Waals surface area contributed by atoms with Gasteiger partial charge in [0.1, 0.15) is 29.3 Å². The van der Waals surface area contributed by atoms with E-state index in [1.807, 2.05) is 82.4 Å². The summed E-state index contributed by atoms with van der Waals surface area (Å²) in [4.78, 5) is 23.9. The number of benzene rings is 3. The highest BCUT2D eigenvalue weighted by molar-refractivity contribution is 5.98. The standard InChI is InChI=1S/C31H30N6O2/c32-30-28-29(23-14-16-26(17-15-23)39-25-11-5-2-6-12-25)35-37(31(28)34-21-33-30)24-10-7-19-36(20-24)27(38)18-13-22-8-3-1-4-9-22/h1-6,8-9,11-12,14-17,21,24H,7,10,13,18-20H2,(H2,32,33,34)/t24-/m1/s1. The molecule has 2 aromatic heterocycles. The van der Waals surface area contributed by atoms with Crippen LogP contribution in [0.4, 0.5) is 5.82 Å². The molecule has 5 aromatic rings. The Kier molecular flexibility index (Phi) is 6.91. The van der Waals surface area contributed by atoms with E-state index < -0.39 is 0 Å². The average Bonchev–Trinajstić information content (AvgIpc) is 3.38. The third-order valence-electron chi connectivity index (χ3n) is 7.19. The van der Waals surface area contributed by atoms with Crippen LogP contribution in [0.15, 0.2) is 91.3 Å². The molecule has 6 rings (SSSR count). The summed E-state index contributed by atoms with van der Waals surface area (Å²) in [5.74, 6) is 2.06. The first-order valence-corrected chi connectivity index (χ1v) is 13.3. The third kappa shape index (κ3) is 5.31. The van der Waals surface area contributed by atoms with E-state index >= 15 is 0 Å². The lowest BCUT2D eigenvalue weighted by atomic mass is 10.0. The summed E-state index contributed by atoms with van der Waals surface area (Å²) in [6.07, 6.45) is 4.52. The van der Waals surface area contributed by atoms with E-state index in [9.17, 15) is 4.79 Å². The number of fused-ring (bicyclic) bond motifs is 1. The van der Waals surface area contributed by atoms with Crippen molar-refractivity contribution in [1.82, 2.24) is 24.6 Å². The number of nitrogens with two attached hydrogens (primary N) is 1. The SMILES string of the molecule is Nc1ncnc2c1c(-c1ccc(Oc3ccccc3)cc1)nn2[C@@H]1CCCN(C(=O)CCc2ccccc2)C1. The number of para-hydroxylation sites is 1. The molecule has 1 atom stereocenters. The smallest absolute Gasteiger partial charge is 0.222 e. The number of anilines is 1. The molecule has 1 aliphatic rings. The Morgan fingerprint density at radius 1 is 0.923 bits per heavy atom. The van der Waals surface area contributed by atoms with Gasteiger partial charge in [-0.2, -0.15) is 5.10 Å². The van der Waals surface area contributed by atoms with E-state index in [1.165, 1.54) is 11.9 Å². The molecule has 1 amide bonds. The number of nitrogen functional groups attached to an aromatic ring is 1. The van der Waals surface area contributed by atoms with Gasteiger partial charge in [0, 0.05) is 25.1 Å². The second-order valence-corrected chi connectivity index (χ2v) is 9.81. The van der Waals surface area contributed by atoms with Crippen LogP contribution in [0.25, 0.3) is 22.3 Å². The normalized spacial score (nSPS) is 15.4. The Hall–Kier alpha value is -4.72. The summed E-state index contributed by atoms with van der Waals surface area (Å²) in [6, 6.07) is 27.6. The van der Waals surface area contributed by atoms with Gasteiger partial charge >= 0.3 is 0 Å². The number of rotatable bonds is 7. The topological polar surface area (TPSA) is 99.2 Å². The zero-order valence-corrected chi connectivity index (χ0v) is 21.6. The second kappa shape index (κ2) is 10.9. The molecule has 2 N–H and O–H groups in total. The van der Waals surface area contributed by atoms with Crippen LogP contribution >= 0.6 is 0 Å². The van der Waals surface area contributed by atoms with Crippen LogP contribution in [0, 0.1) is 0 Å². The maximum Gasteiger partial charge on any atom is 0.222 e. The molecule has 1 saturated heterocycles. The van der Waals surface area contributed by atoms with Crippen molar-refractivity contribution in [2.24, 2.45) is 0 Å². The number of hydrogen-bond donors (Lipinski definition) is 1. The first-order chi connectivity index (χ1) is 19.2. The van der Waals surface area contributed by atoms with Gasteiger partial charge in [-0.05, 0) is 61.2 Å². The average molecular weight is 519 g/mol. The van der Waals surface area contributed by atoms with Crippen molar-refractivity contribution in [3.8, 4) is 22.8 Å². The molecule has 1 fully saturated rings. The fraction of sp³-hybridized carbons (Fsp3) is 0.226. The van der Waals surface area contributed by atoms with Crippen LogP contribution in [-0.2, 0) is 11.2 Å². The molecular weight excluding hydrogens is 488 g/mol. The predicted molar refractivity (Wildman–Crippen MR) is 151 cm³/mol. The number of carbonyl (C=O) groups is 1. The number of aromatic nitrogens is 4. The summed E-state index contributed by atoms with van der Waals surface area (Å²) in [5.41, 5.74) is 9.83. The van der Waals surface area contributed by atoms with E-state index in [4.69, 9.17) is 15.6 Å². The Morgan fingerprint density at radius 3 is 2.41 bits per heavy atom. The lowest BCUT2D eigenvalue weighted by Crippen LogP contribution is -2.41. The van der Waals surface area contributed by atoms with Gasteiger partial charge in [0.2, 0.25) is 5.91 Å². The van der Waals surface area contributed by atoms with E-state index in [0.717, 1.165) is 53.9 Å². The Labute approximate surface area is 227 Å². The summed E-state index contributed by atoms with van der Waals surface area (Å²) in [7, 11) is 0. The van der Waals surface area contributed by atoms with Crippen molar-refractivity contribution >= 4 is 22.8 Å². The Bertz CT molecular complexity index is 1570. The predicted octanol–water partition coefficient (Wildman–Crippen LogP) is 5.66. The Morgan fingerprint density at radius 2 is 1.64 bits per heavy atom. The number of likely N-dealkylation sites (tertiary alicyclic amines) is 1. The van der Waals surface area contributed by atoms with E-state index in [2.05, 4.69) is 22.1 Å². The van der Waals surface area contributed by atoms with Crippen molar-refractivity contribution in [1.29, 1.82) is 0 Å². The lowest BCUT2D eigenvalue weighted by molar-refractivity contribution is -0.132. The van der Waals surface area contributed by atoms with Gasteiger partial charge in [-0.25, -0.2) is 14.6 Å². The maximum absolute atomic E-state index is 13.1. The van der Waals surface area contributed by atoms with Crippen LogP contribution in [0.3, 0.4) is 0 Å². The molecule has 0 saturated carbocycles. The van der Waals surface area contributed by atoms with E-state index in [0.29, 0.717) is 24.4 Å². The highest BCUT2D eigenvalue weighted by Gasteiger charge is 2.28. The molecule has 3 aromatic carbocycles.